The Morgan fingerprint density at radius 2 is 1.81 bits per heavy atom. The van der Waals surface area contributed by atoms with Gasteiger partial charge < -0.3 is 5.32 Å². The van der Waals surface area contributed by atoms with Gasteiger partial charge >= 0.3 is 0 Å². The summed E-state index contributed by atoms with van der Waals surface area (Å²) in [5.41, 5.74) is 5.03. The van der Waals surface area contributed by atoms with E-state index in [9.17, 15) is 4.79 Å². The molecule has 1 aliphatic rings. The minimum absolute atomic E-state index is 0.0488. The third-order valence-corrected chi connectivity index (χ3v) is 6.73. The predicted molar refractivity (Wildman–Crippen MR) is 117 cm³/mol. The number of carbonyl (C=O) groups is 1. The molecule has 0 bridgehead atoms. The first kappa shape index (κ1) is 20.6. The third-order valence-electron chi connectivity index (χ3n) is 5.06. The Bertz CT molecular complexity index is 789. The lowest BCUT2D eigenvalue weighted by Gasteiger charge is -2.21. The highest BCUT2D eigenvalue weighted by Gasteiger charge is 2.16. The zero-order chi connectivity index (χ0) is 19.2. The summed E-state index contributed by atoms with van der Waals surface area (Å²) in [4.78, 5) is 12.4. The van der Waals surface area contributed by atoms with Gasteiger partial charge in [0.15, 0.2) is 0 Å². The van der Waals surface area contributed by atoms with Crippen molar-refractivity contribution in [1.82, 2.24) is 5.32 Å². The van der Waals surface area contributed by atoms with Crippen LogP contribution < -0.4 is 5.32 Å². The Morgan fingerprint density at radius 3 is 2.52 bits per heavy atom. The largest absolute Gasteiger partial charge is 0.349 e. The molecule has 1 amide bonds. The van der Waals surface area contributed by atoms with Crippen LogP contribution in [0.15, 0.2) is 36.4 Å². The van der Waals surface area contributed by atoms with Crippen LogP contribution in [0.5, 0.6) is 0 Å². The predicted octanol–water partition coefficient (Wildman–Crippen LogP) is 6.37. The average molecular weight is 422 g/mol. The second-order valence-corrected chi connectivity index (χ2v) is 8.76. The van der Waals surface area contributed by atoms with Crippen molar-refractivity contribution in [2.45, 2.75) is 50.8 Å². The Kier molecular flexibility index (Phi) is 7.51. The summed E-state index contributed by atoms with van der Waals surface area (Å²) in [6.45, 7) is 2.11. The van der Waals surface area contributed by atoms with Crippen molar-refractivity contribution in [2.24, 2.45) is 0 Å². The molecule has 1 atom stereocenters. The van der Waals surface area contributed by atoms with Gasteiger partial charge in [0, 0.05) is 15.8 Å². The molecule has 27 heavy (non-hydrogen) atoms. The Balaban J connectivity index is 1.56. The van der Waals surface area contributed by atoms with E-state index >= 15 is 0 Å². The summed E-state index contributed by atoms with van der Waals surface area (Å²) in [6.07, 6.45) is 5.77. The molecule has 2 nitrogen and oxygen atoms in total. The molecule has 1 aliphatic carbocycles. The monoisotopic (exact) mass is 421 g/mol. The molecule has 1 unspecified atom stereocenters. The highest BCUT2D eigenvalue weighted by molar-refractivity contribution is 7.99. The normalized spacial score (nSPS) is 14.5. The molecule has 0 saturated carbocycles. The van der Waals surface area contributed by atoms with E-state index in [2.05, 4.69) is 30.4 Å². The van der Waals surface area contributed by atoms with Gasteiger partial charge in [-0.1, -0.05) is 54.4 Å². The number of fused-ring (bicyclic) bond motifs is 1. The fourth-order valence-electron chi connectivity index (χ4n) is 3.54. The van der Waals surface area contributed by atoms with E-state index in [4.69, 9.17) is 23.2 Å². The van der Waals surface area contributed by atoms with E-state index in [0.717, 1.165) is 18.4 Å². The van der Waals surface area contributed by atoms with Crippen LogP contribution in [0.2, 0.25) is 10.0 Å². The van der Waals surface area contributed by atoms with Crippen LogP contribution in [-0.4, -0.2) is 11.7 Å². The van der Waals surface area contributed by atoms with E-state index < -0.39 is 0 Å². The maximum atomic E-state index is 12.4. The van der Waals surface area contributed by atoms with E-state index in [1.54, 1.807) is 0 Å². The van der Waals surface area contributed by atoms with Crippen LogP contribution in [0.3, 0.4) is 0 Å². The molecule has 0 saturated heterocycles. The van der Waals surface area contributed by atoms with Crippen LogP contribution in [0, 0.1) is 0 Å². The van der Waals surface area contributed by atoms with Crippen molar-refractivity contribution >= 4 is 40.9 Å². The second-order valence-electron chi connectivity index (χ2n) is 6.96. The van der Waals surface area contributed by atoms with Crippen molar-refractivity contribution in [2.75, 3.05) is 5.75 Å². The molecule has 0 aromatic heterocycles. The fraction of sp³-hybridized carbons (Fsp3) is 0.409. The molecule has 3 rings (SSSR count). The lowest BCUT2D eigenvalue weighted by atomic mass is 9.89. The smallest absolute Gasteiger partial charge is 0.230 e. The third kappa shape index (κ3) is 5.43. The van der Waals surface area contributed by atoms with Crippen molar-refractivity contribution in [1.29, 1.82) is 0 Å². The molecule has 0 heterocycles. The summed E-state index contributed by atoms with van der Waals surface area (Å²) in [5, 5.41) is 4.48. The number of rotatable bonds is 7. The minimum Gasteiger partial charge on any atom is -0.349 e. The summed E-state index contributed by atoms with van der Waals surface area (Å²) < 4.78 is 0. The van der Waals surface area contributed by atoms with Gasteiger partial charge in [0.1, 0.15) is 0 Å². The summed E-state index contributed by atoms with van der Waals surface area (Å²) in [7, 11) is 0. The topological polar surface area (TPSA) is 29.1 Å². The summed E-state index contributed by atoms with van der Waals surface area (Å²) >= 11 is 13.9. The number of amides is 1. The van der Waals surface area contributed by atoms with Gasteiger partial charge in [0.25, 0.3) is 0 Å². The zero-order valence-electron chi connectivity index (χ0n) is 15.6. The second kappa shape index (κ2) is 9.86. The van der Waals surface area contributed by atoms with Crippen LogP contribution in [0.1, 0.15) is 54.5 Å². The van der Waals surface area contributed by atoms with E-state index in [0.29, 0.717) is 21.6 Å². The molecule has 5 heteroatoms. The van der Waals surface area contributed by atoms with Gasteiger partial charge in [-0.2, -0.15) is 0 Å². The molecule has 2 aromatic rings. The maximum absolute atomic E-state index is 12.4. The first-order valence-corrected chi connectivity index (χ1v) is 11.4. The van der Waals surface area contributed by atoms with E-state index in [1.165, 1.54) is 47.7 Å². The van der Waals surface area contributed by atoms with Crippen LogP contribution in [-0.2, 0) is 23.4 Å². The first-order chi connectivity index (χ1) is 13.1. The van der Waals surface area contributed by atoms with Crippen LogP contribution in [0.4, 0.5) is 0 Å². The Labute approximate surface area is 176 Å². The van der Waals surface area contributed by atoms with Crippen molar-refractivity contribution in [3.63, 3.8) is 0 Å². The lowest BCUT2D eigenvalue weighted by Crippen LogP contribution is -2.29. The number of nitrogens with one attached hydrogen (secondary N) is 1. The van der Waals surface area contributed by atoms with Gasteiger partial charge in [0.2, 0.25) is 5.91 Å². The number of thioether (sulfide) groups is 1. The highest BCUT2D eigenvalue weighted by atomic mass is 35.5. The Hall–Kier alpha value is -1.16. The molecule has 2 aromatic carbocycles. The summed E-state index contributed by atoms with van der Waals surface area (Å²) in [6, 6.07) is 12.3. The van der Waals surface area contributed by atoms with Crippen molar-refractivity contribution in [3.8, 4) is 0 Å². The number of benzene rings is 2. The molecule has 144 valence electrons. The van der Waals surface area contributed by atoms with Gasteiger partial charge in [-0.25, -0.2) is 0 Å². The molecule has 0 fully saturated rings. The molecule has 1 N–H and O–H groups in total. The van der Waals surface area contributed by atoms with E-state index in [-0.39, 0.29) is 11.9 Å². The number of aryl methyl sites for hydroxylation is 2. The van der Waals surface area contributed by atoms with Crippen molar-refractivity contribution in [3.05, 3.63) is 68.7 Å². The Morgan fingerprint density at radius 1 is 1.11 bits per heavy atom. The van der Waals surface area contributed by atoms with Gasteiger partial charge in [-0.15, -0.1) is 11.8 Å². The SMILES string of the molecule is CCC(NC(=O)CSCc1c(Cl)cccc1Cl)c1ccc2c(c1)CCCC2. The number of halogens is 2. The quantitative estimate of drug-likeness (QED) is 0.562. The highest BCUT2D eigenvalue weighted by Crippen LogP contribution is 2.29. The van der Waals surface area contributed by atoms with Gasteiger partial charge in [0.05, 0.1) is 11.8 Å². The molecular weight excluding hydrogens is 397 g/mol. The average Bonchev–Trinajstić information content (AvgIpc) is 2.68. The number of carbonyl (C=O) groups excluding carboxylic acids is 1. The van der Waals surface area contributed by atoms with Crippen LogP contribution >= 0.6 is 35.0 Å². The summed E-state index contributed by atoms with van der Waals surface area (Å²) in [5.74, 6) is 1.07. The maximum Gasteiger partial charge on any atom is 0.230 e. The van der Waals surface area contributed by atoms with Gasteiger partial charge in [-0.3, -0.25) is 4.79 Å². The number of hydrogen-bond donors (Lipinski definition) is 1. The molecule has 0 spiro atoms. The standard InChI is InChI=1S/C22H25Cl2NOS/c1-2-21(17-11-10-15-6-3-4-7-16(15)12-17)25-22(26)14-27-13-18-19(23)8-5-9-20(18)24/h5,8-12,21H,2-4,6-7,13-14H2,1H3,(H,25,26). The molecule has 0 aliphatic heterocycles. The first-order valence-electron chi connectivity index (χ1n) is 9.50. The molecular formula is C22H25Cl2NOS. The number of hydrogen-bond acceptors (Lipinski definition) is 2. The van der Waals surface area contributed by atoms with Crippen LogP contribution in [0.25, 0.3) is 0 Å². The minimum atomic E-state index is 0.0488. The zero-order valence-corrected chi connectivity index (χ0v) is 17.9. The molecule has 0 radical (unpaired) electrons. The van der Waals surface area contributed by atoms with Crippen molar-refractivity contribution < 1.29 is 4.79 Å². The fourth-order valence-corrected chi connectivity index (χ4v) is 5.12. The van der Waals surface area contributed by atoms with Gasteiger partial charge in [-0.05, 0) is 66.5 Å². The lowest BCUT2D eigenvalue weighted by molar-refractivity contribution is -0.119. The van der Waals surface area contributed by atoms with E-state index in [1.807, 2.05) is 18.2 Å².